The third-order valence-corrected chi connectivity index (χ3v) is 5.60. The van der Waals surface area contributed by atoms with Crippen LogP contribution >= 0.6 is 0 Å². The van der Waals surface area contributed by atoms with Crippen molar-refractivity contribution in [2.24, 2.45) is 0 Å². The van der Waals surface area contributed by atoms with Crippen LogP contribution in [0.25, 0.3) is 11.0 Å². The van der Waals surface area contributed by atoms with Crippen molar-refractivity contribution in [1.29, 1.82) is 0 Å². The van der Waals surface area contributed by atoms with Gasteiger partial charge in [-0.05, 0) is 36.7 Å². The highest BCUT2D eigenvalue weighted by molar-refractivity contribution is 6.32. The summed E-state index contributed by atoms with van der Waals surface area (Å²) in [6.45, 7) is 5.96. The van der Waals surface area contributed by atoms with Crippen molar-refractivity contribution < 1.29 is 14.9 Å². The molecule has 2 heterocycles. The molecule has 1 saturated heterocycles. The first-order valence-electron chi connectivity index (χ1n) is 10.6. The maximum Gasteiger partial charge on any atom is 0.204 e. The Kier molecular flexibility index (Phi) is 6.57. The van der Waals surface area contributed by atoms with Crippen LogP contribution < -0.4 is 10.8 Å². The number of nitrogens with zero attached hydrogens (tertiary/aromatic N) is 3. The number of morpholine rings is 1. The minimum atomic E-state index is -0.0148. The van der Waals surface area contributed by atoms with Gasteiger partial charge in [-0.15, -0.1) is 0 Å². The highest BCUT2D eigenvalue weighted by Gasteiger charge is 2.14. The first kappa shape index (κ1) is 20.7. The van der Waals surface area contributed by atoms with Gasteiger partial charge in [-0.1, -0.05) is 23.7 Å². The van der Waals surface area contributed by atoms with Gasteiger partial charge < -0.3 is 24.8 Å². The Balaban J connectivity index is 1.54. The van der Waals surface area contributed by atoms with Crippen LogP contribution in [0.2, 0.25) is 0 Å². The number of benzene rings is 2. The van der Waals surface area contributed by atoms with Crippen molar-refractivity contribution in [3.63, 3.8) is 0 Å². The molecule has 0 spiro atoms. The summed E-state index contributed by atoms with van der Waals surface area (Å²) in [6, 6.07) is 11.4. The molecule has 4 rings (SSSR count). The zero-order valence-electron chi connectivity index (χ0n) is 17.5. The number of phenols is 1. The van der Waals surface area contributed by atoms with Gasteiger partial charge in [-0.25, -0.2) is 4.98 Å². The molecule has 0 saturated carbocycles. The molecule has 0 unspecified atom stereocenters. The first-order valence-corrected chi connectivity index (χ1v) is 10.6. The average molecular weight is 408 g/mol. The van der Waals surface area contributed by atoms with Gasteiger partial charge in [0.25, 0.3) is 0 Å². The normalized spacial score (nSPS) is 15.0. The number of hydrogen-bond donors (Lipinski definition) is 3. The van der Waals surface area contributed by atoms with Crippen molar-refractivity contribution in [1.82, 2.24) is 14.5 Å². The molecule has 1 aliphatic heterocycles. The quantitative estimate of drug-likeness (QED) is 0.376. The van der Waals surface area contributed by atoms with Crippen LogP contribution in [0.3, 0.4) is 0 Å². The molecule has 0 amide bonds. The van der Waals surface area contributed by atoms with Crippen molar-refractivity contribution in [3.8, 4) is 5.75 Å². The maximum atomic E-state index is 10.3. The van der Waals surface area contributed by atoms with Gasteiger partial charge in [0.2, 0.25) is 5.95 Å². The lowest BCUT2D eigenvalue weighted by Gasteiger charge is -2.26. The molecule has 0 radical (unpaired) electrons. The lowest BCUT2D eigenvalue weighted by atomic mass is 9.94. The Labute approximate surface area is 177 Å². The second kappa shape index (κ2) is 9.51. The number of fused-ring (bicyclic) bond motifs is 1. The first-order chi connectivity index (χ1) is 14.6. The average Bonchev–Trinajstić information content (AvgIpc) is 3.11. The maximum absolute atomic E-state index is 10.3. The summed E-state index contributed by atoms with van der Waals surface area (Å²) in [5, 5.41) is 23.4. The summed E-state index contributed by atoms with van der Waals surface area (Å²) in [6.07, 6.45) is 1.01. The van der Waals surface area contributed by atoms with E-state index < -0.39 is 0 Å². The lowest BCUT2D eigenvalue weighted by molar-refractivity contribution is 0.0378. The summed E-state index contributed by atoms with van der Waals surface area (Å²) in [5.41, 5.74) is 4.60. The monoisotopic (exact) mass is 408 g/mol. The molecule has 0 atom stereocenters. The van der Waals surface area contributed by atoms with Crippen LogP contribution in [0.1, 0.15) is 17.5 Å². The van der Waals surface area contributed by atoms with Crippen molar-refractivity contribution in [3.05, 3.63) is 47.5 Å². The van der Waals surface area contributed by atoms with Crippen LogP contribution in [-0.2, 0) is 17.9 Å². The minimum absolute atomic E-state index is 0.0148. The number of aliphatic hydroxyl groups is 1. The summed E-state index contributed by atoms with van der Waals surface area (Å²) >= 11 is 0. The van der Waals surface area contributed by atoms with Crippen molar-refractivity contribution >= 4 is 30.3 Å². The number of imidazole rings is 1. The molecular weight excluding hydrogens is 379 g/mol. The summed E-state index contributed by atoms with van der Waals surface area (Å²) in [4.78, 5) is 7.20. The summed E-state index contributed by atoms with van der Waals surface area (Å²) in [5.74, 6) is 1.06. The van der Waals surface area contributed by atoms with E-state index in [1.807, 2.05) is 38.2 Å². The topological polar surface area (TPSA) is 82.8 Å². The summed E-state index contributed by atoms with van der Waals surface area (Å²) < 4.78 is 7.49. The highest BCUT2D eigenvalue weighted by Crippen LogP contribution is 2.25. The number of anilines is 1. The fourth-order valence-electron chi connectivity index (χ4n) is 3.90. The predicted molar refractivity (Wildman–Crippen MR) is 121 cm³/mol. The van der Waals surface area contributed by atoms with Gasteiger partial charge >= 0.3 is 0 Å². The zero-order valence-corrected chi connectivity index (χ0v) is 17.5. The number of nitrogens with one attached hydrogen (secondary N) is 1. The van der Waals surface area contributed by atoms with E-state index in [0.29, 0.717) is 6.54 Å². The molecule has 3 N–H and O–H groups in total. The number of hydrogen-bond acceptors (Lipinski definition) is 6. The van der Waals surface area contributed by atoms with E-state index in [1.165, 1.54) is 0 Å². The highest BCUT2D eigenvalue weighted by atomic mass is 16.5. The number of phenolic OH excluding ortho intramolecular Hbond substituents is 1. The molecule has 3 aromatic rings. The molecule has 8 heteroatoms. The van der Waals surface area contributed by atoms with Gasteiger partial charge in [-0.2, -0.15) is 0 Å². The second-order valence-electron chi connectivity index (χ2n) is 7.87. The Bertz CT molecular complexity index is 1000. The van der Waals surface area contributed by atoms with E-state index in [4.69, 9.17) is 9.72 Å². The van der Waals surface area contributed by atoms with E-state index in [9.17, 15) is 10.2 Å². The van der Waals surface area contributed by atoms with Crippen LogP contribution in [0, 0.1) is 0 Å². The van der Waals surface area contributed by atoms with Gasteiger partial charge in [0.05, 0.1) is 37.4 Å². The third-order valence-electron chi connectivity index (χ3n) is 5.60. The van der Waals surface area contributed by atoms with E-state index in [2.05, 4.69) is 14.8 Å². The Hall–Kier alpha value is -2.55. The standard InChI is InChI=1S/C22H29BN4O3/c23-18-3-5-21(29)17(13-18)14-27-20-12-16(15-28)2-4-19(20)25-22(27)24-6-1-7-26-8-10-30-11-9-26/h2-5,12-13,28-29H,1,6-11,14-15,23H2,(H,24,25). The number of aromatic nitrogens is 2. The molecule has 1 fully saturated rings. The van der Waals surface area contributed by atoms with Crippen LogP contribution in [0.5, 0.6) is 5.75 Å². The molecular formula is C22H29BN4O3. The van der Waals surface area contributed by atoms with Gasteiger partial charge in [0.15, 0.2) is 0 Å². The molecule has 1 aromatic heterocycles. The zero-order chi connectivity index (χ0) is 20.9. The van der Waals surface area contributed by atoms with E-state index in [-0.39, 0.29) is 12.4 Å². The molecule has 30 heavy (non-hydrogen) atoms. The van der Waals surface area contributed by atoms with Gasteiger partial charge in [-0.3, -0.25) is 4.90 Å². The van der Waals surface area contributed by atoms with Crippen LogP contribution in [0.15, 0.2) is 36.4 Å². The van der Waals surface area contributed by atoms with Crippen LogP contribution in [0.4, 0.5) is 5.95 Å². The number of aliphatic hydroxyl groups excluding tert-OH is 1. The van der Waals surface area contributed by atoms with E-state index in [0.717, 1.165) is 79.4 Å². The molecule has 0 bridgehead atoms. The van der Waals surface area contributed by atoms with Gasteiger partial charge in [0, 0.05) is 25.2 Å². The predicted octanol–water partition coefficient (Wildman–Crippen LogP) is 0.675. The van der Waals surface area contributed by atoms with Crippen molar-refractivity contribution in [2.45, 2.75) is 19.6 Å². The third kappa shape index (κ3) is 4.78. The Morgan fingerprint density at radius 3 is 2.77 bits per heavy atom. The number of ether oxygens (including phenoxy) is 1. The SMILES string of the molecule is Bc1ccc(O)c(Cn2c(NCCCN3CCOCC3)nc3ccc(CO)cc32)c1. The minimum Gasteiger partial charge on any atom is -0.508 e. The number of rotatable bonds is 8. The molecule has 158 valence electrons. The van der Waals surface area contributed by atoms with Crippen LogP contribution in [-0.4, -0.2) is 71.9 Å². The molecule has 2 aromatic carbocycles. The fraction of sp³-hybridized carbons (Fsp3) is 0.409. The van der Waals surface area contributed by atoms with E-state index in [1.54, 1.807) is 6.07 Å². The molecule has 7 nitrogen and oxygen atoms in total. The fourth-order valence-corrected chi connectivity index (χ4v) is 3.90. The van der Waals surface area contributed by atoms with E-state index >= 15 is 0 Å². The largest absolute Gasteiger partial charge is 0.508 e. The second-order valence-corrected chi connectivity index (χ2v) is 7.87. The number of aromatic hydroxyl groups is 1. The van der Waals surface area contributed by atoms with Gasteiger partial charge in [0.1, 0.15) is 13.6 Å². The molecule has 1 aliphatic rings. The van der Waals surface area contributed by atoms with Crippen molar-refractivity contribution in [2.75, 3.05) is 44.7 Å². The summed E-state index contributed by atoms with van der Waals surface area (Å²) in [7, 11) is 2.02. The lowest BCUT2D eigenvalue weighted by Crippen LogP contribution is -2.37. The smallest absolute Gasteiger partial charge is 0.204 e. The molecule has 0 aliphatic carbocycles. The Morgan fingerprint density at radius 2 is 1.97 bits per heavy atom. The Morgan fingerprint density at radius 1 is 1.13 bits per heavy atom.